The van der Waals surface area contributed by atoms with Gasteiger partial charge in [-0.05, 0) is 52.9 Å². The lowest BCUT2D eigenvalue weighted by Crippen LogP contribution is -2.15. The van der Waals surface area contributed by atoms with Crippen LogP contribution in [0.15, 0.2) is 125 Å². The van der Waals surface area contributed by atoms with Crippen LogP contribution in [0.4, 0.5) is 0 Å². The van der Waals surface area contributed by atoms with Gasteiger partial charge in [0.25, 0.3) is 0 Å². The van der Waals surface area contributed by atoms with Crippen molar-refractivity contribution in [3.63, 3.8) is 0 Å². The lowest BCUT2D eigenvalue weighted by molar-refractivity contribution is 0.594. The summed E-state index contributed by atoms with van der Waals surface area (Å²) < 4.78 is 30.1. The number of pyridine rings is 1. The van der Waals surface area contributed by atoms with Gasteiger partial charge in [-0.15, -0.1) is 0 Å². The van der Waals surface area contributed by atoms with Gasteiger partial charge in [-0.2, -0.15) is 0 Å². The molecule has 5 aromatic carbocycles. The van der Waals surface area contributed by atoms with Gasteiger partial charge in [-0.3, -0.25) is 9.55 Å². The number of hydrogen-bond donors (Lipinski definition) is 0. The molecule has 0 N–H and O–H groups in total. The van der Waals surface area contributed by atoms with Crippen LogP contribution in [-0.2, 0) is 9.84 Å². The molecule has 1 aliphatic rings. The number of fused-ring (bicyclic) bond motifs is 5. The van der Waals surface area contributed by atoms with E-state index in [0.29, 0.717) is 16.7 Å². The molecule has 0 saturated heterocycles. The Bertz CT molecular complexity index is 2200. The van der Waals surface area contributed by atoms with Crippen LogP contribution in [0.25, 0.3) is 60.9 Å². The zero-order valence-electron chi connectivity index (χ0n) is 20.0. The van der Waals surface area contributed by atoms with Gasteiger partial charge in [0.05, 0.1) is 32.0 Å². The predicted molar refractivity (Wildman–Crippen MR) is 150 cm³/mol. The molecule has 0 saturated carbocycles. The van der Waals surface area contributed by atoms with Gasteiger partial charge in [0, 0.05) is 22.5 Å². The van der Waals surface area contributed by atoms with Crippen LogP contribution in [0.1, 0.15) is 0 Å². The largest absolute Gasteiger partial charge is 0.290 e. The maximum absolute atomic E-state index is 14.0. The molecule has 7 aromatic rings. The first-order valence-electron chi connectivity index (χ1n) is 12.3. The summed E-state index contributed by atoms with van der Waals surface area (Å²) in [5.41, 5.74) is 5.48. The van der Waals surface area contributed by atoms with Gasteiger partial charge in [-0.25, -0.2) is 13.4 Å². The summed E-state index contributed by atoms with van der Waals surface area (Å²) in [6.45, 7) is 0. The number of benzene rings is 5. The SMILES string of the molecule is O=S1(=O)c2cc(-c3cc4ccccc4c4ncccc34)ccc2-n2c(-c3ccccc3)nc3cccc1c32. The van der Waals surface area contributed by atoms with E-state index in [1.807, 2.05) is 77.4 Å². The summed E-state index contributed by atoms with van der Waals surface area (Å²) >= 11 is 0. The third-order valence-electron chi connectivity index (χ3n) is 7.38. The highest BCUT2D eigenvalue weighted by Crippen LogP contribution is 2.43. The van der Waals surface area contributed by atoms with E-state index < -0.39 is 9.84 Å². The molecule has 0 aliphatic carbocycles. The average molecular weight is 510 g/mol. The van der Waals surface area contributed by atoms with Crippen LogP contribution in [0, 0.1) is 0 Å². The maximum atomic E-state index is 14.0. The Morgan fingerprint density at radius 1 is 0.658 bits per heavy atom. The monoisotopic (exact) mass is 509 g/mol. The first-order valence-corrected chi connectivity index (χ1v) is 13.8. The number of nitrogens with zero attached hydrogens (tertiary/aromatic N) is 3. The molecule has 0 atom stereocenters. The predicted octanol–water partition coefficient (Wildman–Crippen LogP) is 7.21. The summed E-state index contributed by atoms with van der Waals surface area (Å²) in [5.74, 6) is 0.720. The first kappa shape index (κ1) is 21.3. The van der Waals surface area contributed by atoms with Gasteiger partial charge in [0.2, 0.25) is 9.84 Å². The lowest BCUT2D eigenvalue weighted by Gasteiger charge is -2.22. The van der Waals surface area contributed by atoms with E-state index in [4.69, 9.17) is 4.98 Å². The van der Waals surface area contributed by atoms with Gasteiger partial charge in [0.15, 0.2) is 0 Å². The Balaban J connectivity index is 1.45. The molecular weight excluding hydrogens is 490 g/mol. The second kappa shape index (κ2) is 7.60. The Hall–Kier alpha value is -4.81. The van der Waals surface area contributed by atoms with Crippen molar-refractivity contribution in [3.8, 4) is 28.2 Å². The van der Waals surface area contributed by atoms with E-state index >= 15 is 0 Å². The smallest absolute Gasteiger partial charge is 0.210 e. The number of hydrogen-bond acceptors (Lipinski definition) is 4. The zero-order chi connectivity index (χ0) is 25.4. The Labute approximate surface area is 218 Å². The molecule has 180 valence electrons. The molecule has 5 nitrogen and oxygen atoms in total. The number of rotatable bonds is 2. The second-order valence-corrected chi connectivity index (χ2v) is 11.4. The molecule has 0 unspecified atom stereocenters. The molecule has 0 radical (unpaired) electrons. The first-order chi connectivity index (χ1) is 18.6. The van der Waals surface area contributed by atoms with E-state index in [2.05, 4.69) is 23.2 Å². The van der Waals surface area contributed by atoms with Crippen LogP contribution in [0.3, 0.4) is 0 Å². The number of imidazole rings is 1. The fraction of sp³-hybridized carbons (Fsp3) is 0. The Kier molecular flexibility index (Phi) is 4.26. The summed E-state index contributed by atoms with van der Waals surface area (Å²) in [6, 6.07) is 35.1. The average Bonchev–Trinajstić information content (AvgIpc) is 3.36. The molecule has 8 rings (SSSR count). The Morgan fingerprint density at radius 2 is 1.47 bits per heavy atom. The molecule has 0 bridgehead atoms. The third-order valence-corrected chi connectivity index (χ3v) is 9.19. The van der Waals surface area contributed by atoms with Crippen LogP contribution in [-0.4, -0.2) is 23.0 Å². The van der Waals surface area contributed by atoms with Gasteiger partial charge < -0.3 is 0 Å². The highest BCUT2D eigenvalue weighted by Gasteiger charge is 2.34. The summed E-state index contributed by atoms with van der Waals surface area (Å²) in [4.78, 5) is 10.1. The van der Waals surface area contributed by atoms with Crippen molar-refractivity contribution in [1.82, 2.24) is 14.5 Å². The molecule has 0 spiro atoms. The Morgan fingerprint density at radius 3 is 2.37 bits per heavy atom. The van der Waals surface area contributed by atoms with Crippen molar-refractivity contribution in [3.05, 3.63) is 115 Å². The topological polar surface area (TPSA) is 64.8 Å². The normalized spacial score (nSPS) is 13.7. The van der Waals surface area contributed by atoms with Crippen LogP contribution >= 0.6 is 0 Å². The second-order valence-electron chi connectivity index (χ2n) is 9.49. The standard InChI is InChI=1S/C32H19N3O2S/c36-38(37)28-14-6-13-26-31(28)35(32(34-26)20-8-2-1-3-9-20)27-16-15-22(19-29(27)38)25-18-21-10-4-5-11-23(21)30-24(25)12-7-17-33-30/h1-19H. The number of sulfone groups is 1. The molecule has 3 heterocycles. The van der Waals surface area contributed by atoms with E-state index in [0.717, 1.165) is 44.2 Å². The van der Waals surface area contributed by atoms with Crippen LogP contribution < -0.4 is 0 Å². The molecular formula is C32H19N3O2S. The molecule has 2 aromatic heterocycles. The summed E-state index contributed by atoms with van der Waals surface area (Å²) in [5, 5.41) is 3.11. The van der Waals surface area contributed by atoms with Crippen LogP contribution in [0.5, 0.6) is 0 Å². The molecule has 38 heavy (non-hydrogen) atoms. The molecule has 1 aliphatic heterocycles. The molecule has 6 heteroatoms. The molecule has 0 fully saturated rings. The maximum Gasteiger partial charge on any atom is 0.210 e. The lowest BCUT2D eigenvalue weighted by atomic mass is 9.95. The van der Waals surface area contributed by atoms with E-state index in [-0.39, 0.29) is 9.79 Å². The van der Waals surface area contributed by atoms with Gasteiger partial charge >= 0.3 is 0 Å². The van der Waals surface area contributed by atoms with Crippen molar-refractivity contribution in [1.29, 1.82) is 0 Å². The fourth-order valence-corrected chi connectivity index (χ4v) is 7.34. The highest BCUT2D eigenvalue weighted by atomic mass is 32.2. The van der Waals surface area contributed by atoms with Crippen LogP contribution in [0.2, 0.25) is 0 Å². The van der Waals surface area contributed by atoms with Crippen molar-refractivity contribution in [2.75, 3.05) is 0 Å². The highest BCUT2D eigenvalue weighted by molar-refractivity contribution is 7.92. The van der Waals surface area contributed by atoms with Crippen molar-refractivity contribution in [2.24, 2.45) is 0 Å². The minimum atomic E-state index is -3.78. The van der Waals surface area contributed by atoms with Crippen molar-refractivity contribution >= 4 is 42.5 Å². The summed E-state index contributed by atoms with van der Waals surface area (Å²) in [6.07, 6.45) is 1.79. The van der Waals surface area contributed by atoms with Gasteiger partial charge in [-0.1, -0.05) is 72.8 Å². The fourth-order valence-electron chi connectivity index (χ4n) is 5.68. The van der Waals surface area contributed by atoms with E-state index in [1.54, 1.807) is 24.4 Å². The van der Waals surface area contributed by atoms with E-state index in [9.17, 15) is 8.42 Å². The van der Waals surface area contributed by atoms with Crippen molar-refractivity contribution in [2.45, 2.75) is 9.79 Å². The number of para-hydroxylation sites is 1. The minimum absolute atomic E-state index is 0.274. The minimum Gasteiger partial charge on any atom is -0.290 e. The van der Waals surface area contributed by atoms with Crippen molar-refractivity contribution < 1.29 is 8.42 Å². The summed E-state index contributed by atoms with van der Waals surface area (Å²) in [7, 11) is -3.78. The third kappa shape index (κ3) is 2.83. The zero-order valence-corrected chi connectivity index (χ0v) is 20.9. The van der Waals surface area contributed by atoms with Gasteiger partial charge in [0.1, 0.15) is 5.82 Å². The number of aromatic nitrogens is 3. The quantitative estimate of drug-likeness (QED) is 0.231. The molecule has 0 amide bonds. The van der Waals surface area contributed by atoms with E-state index in [1.165, 1.54) is 0 Å².